The Kier molecular flexibility index (Phi) is 7.42. The molecule has 0 unspecified atom stereocenters. The molecule has 2 aliphatic carbocycles. The normalized spacial score (nSPS) is 14.3. The number of rotatable bonds is 4. The van der Waals surface area contributed by atoms with E-state index in [2.05, 4.69) is 222 Å². The van der Waals surface area contributed by atoms with Gasteiger partial charge in [0.25, 0.3) is 0 Å². The first-order chi connectivity index (χ1) is 29.2. The van der Waals surface area contributed by atoms with Crippen molar-refractivity contribution in [2.24, 2.45) is 0 Å². The van der Waals surface area contributed by atoms with Crippen molar-refractivity contribution in [1.82, 2.24) is 0 Å². The Labute approximate surface area is 352 Å². The molecule has 0 N–H and O–H groups in total. The zero-order valence-electron chi connectivity index (χ0n) is 34.5. The van der Waals surface area contributed by atoms with Crippen molar-refractivity contribution in [1.29, 1.82) is 0 Å². The Hall–Kier alpha value is -7.02. The Morgan fingerprint density at radius 2 is 0.533 bits per heavy atom. The minimum Gasteiger partial charge on any atom is -0.0619 e. The smallest absolute Gasteiger partial charge is 0.0158 e. The van der Waals surface area contributed by atoms with Crippen molar-refractivity contribution < 1.29 is 0 Å². The molecule has 2 aliphatic rings. The van der Waals surface area contributed by atoms with Gasteiger partial charge in [-0.15, -0.1) is 0 Å². The van der Waals surface area contributed by atoms with Crippen molar-refractivity contribution in [2.45, 2.75) is 38.5 Å². The van der Waals surface area contributed by atoms with Crippen LogP contribution in [-0.4, -0.2) is 0 Å². The molecule has 0 aromatic heterocycles. The van der Waals surface area contributed by atoms with Gasteiger partial charge in [-0.1, -0.05) is 185 Å². The highest BCUT2D eigenvalue weighted by molar-refractivity contribution is 6.26. The minimum absolute atomic E-state index is 0.00585. The van der Waals surface area contributed by atoms with Gasteiger partial charge in [-0.2, -0.15) is 0 Å². The number of fused-ring (bicyclic) bond motifs is 12. The van der Waals surface area contributed by atoms with Crippen molar-refractivity contribution in [2.75, 3.05) is 0 Å². The van der Waals surface area contributed by atoms with Gasteiger partial charge in [-0.25, -0.2) is 0 Å². The van der Waals surface area contributed by atoms with E-state index in [9.17, 15) is 0 Å². The molecule has 0 nitrogen and oxygen atoms in total. The fourth-order valence-corrected chi connectivity index (χ4v) is 10.9. The first-order valence-electron chi connectivity index (χ1n) is 21.3. The molecule has 0 amide bonds. The van der Waals surface area contributed by atoms with E-state index in [1.165, 1.54) is 121 Å². The molecule has 0 radical (unpaired) electrons. The average Bonchev–Trinajstić information content (AvgIpc) is 3.67. The lowest BCUT2D eigenvalue weighted by molar-refractivity contribution is 0.660. The third-order valence-corrected chi connectivity index (χ3v) is 14.1. The lowest BCUT2D eigenvalue weighted by Gasteiger charge is -2.21. The Morgan fingerprint density at radius 1 is 0.217 bits per heavy atom. The summed E-state index contributed by atoms with van der Waals surface area (Å²) >= 11 is 0. The zero-order chi connectivity index (χ0) is 40.3. The molecule has 0 spiro atoms. The van der Waals surface area contributed by atoms with E-state index >= 15 is 0 Å². The Balaban J connectivity index is 0.922. The molecule has 10 aromatic rings. The van der Waals surface area contributed by atoms with Crippen LogP contribution in [0.4, 0.5) is 0 Å². The molecule has 10 aromatic carbocycles. The van der Waals surface area contributed by atoms with E-state index in [0.29, 0.717) is 0 Å². The molecule has 0 saturated heterocycles. The van der Waals surface area contributed by atoms with Crippen LogP contribution in [0.2, 0.25) is 0 Å². The molecule has 60 heavy (non-hydrogen) atoms. The van der Waals surface area contributed by atoms with Gasteiger partial charge in [0.2, 0.25) is 0 Å². The Bertz CT molecular complexity index is 3180. The summed E-state index contributed by atoms with van der Waals surface area (Å²) in [6, 6.07) is 73.1. The quantitative estimate of drug-likeness (QED) is 0.157. The summed E-state index contributed by atoms with van der Waals surface area (Å²) in [6.45, 7) is 9.38. The van der Waals surface area contributed by atoms with E-state index in [1.54, 1.807) is 0 Å². The molecule has 284 valence electrons. The number of hydrogen-bond acceptors (Lipinski definition) is 0. The maximum atomic E-state index is 2.41. The van der Waals surface area contributed by atoms with E-state index in [-0.39, 0.29) is 10.8 Å². The summed E-state index contributed by atoms with van der Waals surface area (Å²) in [6.07, 6.45) is 0. The number of hydrogen-bond donors (Lipinski definition) is 0. The molecule has 0 bridgehead atoms. The standard InChI is InChI=1S/C60H44/c1-59(2)55-21-9-7-19-49(55)53-35-43(25-29-57(53)59)39-15-11-13-37(31-39)41-23-27-47-48-28-24-42(34-52(48)46-18-6-5-17-45(46)51(47)33-41)38-14-12-16-40(32-38)44-26-30-58-54(36-44)50-20-8-10-22-56(50)60(58,3)4/h5-36H,1-4H3. The third kappa shape index (κ3) is 5.10. The highest BCUT2D eigenvalue weighted by atomic mass is 14.4. The largest absolute Gasteiger partial charge is 0.0619 e. The van der Waals surface area contributed by atoms with Crippen molar-refractivity contribution in [3.8, 4) is 66.8 Å². The van der Waals surface area contributed by atoms with Gasteiger partial charge in [0.05, 0.1) is 0 Å². The zero-order valence-corrected chi connectivity index (χ0v) is 34.5. The predicted molar refractivity (Wildman–Crippen MR) is 256 cm³/mol. The maximum Gasteiger partial charge on any atom is 0.0158 e. The first kappa shape index (κ1) is 35.0. The molecule has 0 heteroatoms. The summed E-state index contributed by atoms with van der Waals surface area (Å²) in [7, 11) is 0. The molecular formula is C60H44. The lowest BCUT2D eigenvalue weighted by Crippen LogP contribution is -2.14. The SMILES string of the molecule is CC1(C)c2ccccc2-c2cc(-c3cccc(-c4ccc5c6ccc(-c7cccc(-c8ccc9c(c8)-c8ccccc8C9(C)C)c7)cc6c6ccccc6c5c4)c3)ccc21. The lowest BCUT2D eigenvalue weighted by atomic mass is 9.82. The van der Waals surface area contributed by atoms with Crippen molar-refractivity contribution in [3.05, 3.63) is 216 Å². The van der Waals surface area contributed by atoms with Crippen LogP contribution < -0.4 is 0 Å². The van der Waals surface area contributed by atoms with Gasteiger partial charge < -0.3 is 0 Å². The topological polar surface area (TPSA) is 0 Å². The van der Waals surface area contributed by atoms with Gasteiger partial charge in [0.1, 0.15) is 0 Å². The van der Waals surface area contributed by atoms with Gasteiger partial charge in [0.15, 0.2) is 0 Å². The second-order valence-corrected chi connectivity index (χ2v) is 18.1. The monoisotopic (exact) mass is 764 g/mol. The second kappa shape index (κ2) is 12.7. The predicted octanol–water partition coefficient (Wildman–Crippen LogP) is 16.4. The van der Waals surface area contributed by atoms with Gasteiger partial charge >= 0.3 is 0 Å². The highest BCUT2D eigenvalue weighted by Crippen LogP contribution is 2.51. The van der Waals surface area contributed by atoms with Gasteiger partial charge in [-0.3, -0.25) is 0 Å². The summed E-state index contributed by atoms with van der Waals surface area (Å²) in [5, 5.41) is 7.70. The molecular weight excluding hydrogens is 721 g/mol. The molecule has 0 heterocycles. The minimum atomic E-state index is 0.00585. The number of benzene rings is 10. The fraction of sp³-hybridized carbons (Fsp3) is 0.100. The first-order valence-corrected chi connectivity index (χ1v) is 21.3. The van der Waals surface area contributed by atoms with Crippen LogP contribution in [0.5, 0.6) is 0 Å². The van der Waals surface area contributed by atoms with Crippen LogP contribution in [0.15, 0.2) is 194 Å². The van der Waals surface area contributed by atoms with Crippen molar-refractivity contribution in [3.63, 3.8) is 0 Å². The van der Waals surface area contributed by atoms with Crippen LogP contribution in [-0.2, 0) is 10.8 Å². The molecule has 0 atom stereocenters. The van der Waals surface area contributed by atoms with Crippen LogP contribution >= 0.6 is 0 Å². The molecule has 0 saturated carbocycles. The van der Waals surface area contributed by atoms with Crippen LogP contribution in [0.1, 0.15) is 49.9 Å². The molecule has 12 rings (SSSR count). The van der Waals surface area contributed by atoms with Crippen LogP contribution in [0.3, 0.4) is 0 Å². The van der Waals surface area contributed by atoms with E-state index in [4.69, 9.17) is 0 Å². The van der Waals surface area contributed by atoms with Gasteiger partial charge in [0, 0.05) is 10.8 Å². The second-order valence-electron chi connectivity index (χ2n) is 18.1. The van der Waals surface area contributed by atoms with Crippen LogP contribution in [0.25, 0.3) is 99.1 Å². The third-order valence-electron chi connectivity index (χ3n) is 14.1. The summed E-state index contributed by atoms with van der Waals surface area (Å²) < 4.78 is 0. The maximum absolute atomic E-state index is 2.41. The van der Waals surface area contributed by atoms with Crippen molar-refractivity contribution >= 4 is 32.3 Å². The molecule has 0 aliphatic heterocycles. The molecule has 0 fully saturated rings. The fourth-order valence-electron chi connectivity index (χ4n) is 10.9. The van der Waals surface area contributed by atoms with E-state index < -0.39 is 0 Å². The summed E-state index contributed by atoms with van der Waals surface area (Å²) in [4.78, 5) is 0. The van der Waals surface area contributed by atoms with Crippen LogP contribution in [0, 0.1) is 0 Å². The van der Waals surface area contributed by atoms with E-state index in [0.717, 1.165) is 0 Å². The highest BCUT2D eigenvalue weighted by Gasteiger charge is 2.36. The summed E-state index contributed by atoms with van der Waals surface area (Å²) in [5.41, 5.74) is 21.0. The average molecular weight is 765 g/mol. The Morgan fingerprint density at radius 3 is 0.967 bits per heavy atom. The summed E-state index contributed by atoms with van der Waals surface area (Å²) in [5.74, 6) is 0. The van der Waals surface area contributed by atoms with E-state index in [1.807, 2.05) is 0 Å². The van der Waals surface area contributed by atoms with Gasteiger partial charge in [-0.05, 0) is 158 Å².